The van der Waals surface area contributed by atoms with E-state index in [1.165, 1.54) is 10.5 Å². The van der Waals surface area contributed by atoms with Crippen LogP contribution in [0.2, 0.25) is 0 Å². The first-order chi connectivity index (χ1) is 7.80. The lowest BCUT2D eigenvalue weighted by atomic mass is 10.0. The lowest BCUT2D eigenvalue weighted by Gasteiger charge is -2.01. The number of benzene rings is 1. The van der Waals surface area contributed by atoms with Crippen LogP contribution in [0.15, 0.2) is 29.2 Å². The minimum Gasteiger partial charge on any atom is -0.130 e. The van der Waals surface area contributed by atoms with Gasteiger partial charge in [0.25, 0.3) is 0 Å². The summed E-state index contributed by atoms with van der Waals surface area (Å²) in [6, 6.07) is 8.68. The Labute approximate surface area is 104 Å². The van der Waals surface area contributed by atoms with Gasteiger partial charge in [0.1, 0.15) is 0 Å². The summed E-state index contributed by atoms with van der Waals surface area (Å²) in [5.41, 5.74) is 1.32. The van der Waals surface area contributed by atoms with E-state index in [4.69, 9.17) is 0 Å². The molecule has 0 aliphatic rings. The molecule has 1 aromatic carbocycles. The maximum Gasteiger partial charge on any atom is 0.0340 e. The third kappa shape index (κ3) is 4.33. The predicted octanol–water partition coefficient (Wildman–Crippen LogP) is 4.39. The second-order valence-corrected chi connectivity index (χ2v) is 4.74. The van der Waals surface area contributed by atoms with Crippen LogP contribution in [0.25, 0.3) is 0 Å². The summed E-state index contributed by atoms with van der Waals surface area (Å²) in [4.78, 5) is 1.32. The Hall–Kier alpha value is -0.870. The predicted molar refractivity (Wildman–Crippen MR) is 73.8 cm³/mol. The number of hydrogen-bond acceptors (Lipinski definition) is 1. The second kappa shape index (κ2) is 7.41. The topological polar surface area (TPSA) is 0 Å². The second-order valence-electron chi connectivity index (χ2n) is 3.86. The van der Waals surface area contributed by atoms with Crippen LogP contribution in [-0.4, -0.2) is 6.26 Å². The minimum absolute atomic E-state index is 0.575. The number of thioether (sulfide) groups is 1. The van der Waals surface area contributed by atoms with Gasteiger partial charge in [0, 0.05) is 17.2 Å². The summed E-state index contributed by atoms with van der Waals surface area (Å²) in [6.07, 6.45) is 5.30. The first kappa shape index (κ1) is 13.2. The molecule has 16 heavy (non-hydrogen) atoms. The van der Waals surface area contributed by atoms with Crippen LogP contribution in [-0.2, 0) is 6.42 Å². The van der Waals surface area contributed by atoms with Crippen LogP contribution in [0.1, 0.15) is 32.3 Å². The Balaban J connectivity index is 2.53. The molecule has 0 atom stereocenters. The highest BCUT2D eigenvalue weighted by Crippen LogP contribution is 2.15. The van der Waals surface area contributed by atoms with E-state index in [1.54, 1.807) is 11.8 Å². The smallest absolute Gasteiger partial charge is 0.0340 e. The van der Waals surface area contributed by atoms with Crippen LogP contribution in [0, 0.1) is 17.8 Å². The van der Waals surface area contributed by atoms with E-state index >= 15 is 0 Å². The summed E-state index contributed by atoms with van der Waals surface area (Å²) < 4.78 is 0. The zero-order chi connectivity index (χ0) is 11.8. The highest BCUT2D eigenvalue weighted by atomic mass is 32.2. The third-order valence-corrected chi connectivity index (χ3v) is 3.49. The van der Waals surface area contributed by atoms with Crippen molar-refractivity contribution in [1.29, 1.82) is 0 Å². The number of rotatable bonds is 4. The van der Waals surface area contributed by atoms with Crippen molar-refractivity contribution in [2.75, 3.05) is 6.26 Å². The molecule has 1 rings (SSSR count). The van der Waals surface area contributed by atoms with Gasteiger partial charge in [-0.1, -0.05) is 37.8 Å². The third-order valence-electron chi connectivity index (χ3n) is 2.74. The normalized spacial score (nSPS) is 10.0. The molecule has 0 spiro atoms. The van der Waals surface area contributed by atoms with E-state index in [2.05, 4.69) is 56.2 Å². The van der Waals surface area contributed by atoms with Crippen molar-refractivity contribution in [3.63, 3.8) is 0 Å². The first-order valence-corrected chi connectivity index (χ1v) is 7.13. The van der Waals surface area contributed by atoms with Crippen molar-refractivity contribution in [1.82, 2.24) is 0 Å². The van der Waals surface area contributed by atoms with E-state index in [1.807, 2.05) is 0 Å². The molecule has 0 amide bonds. The van der Waals surface area contributed by atoms with Crippen molar-refractivity contribution in [3.8, 4) is 11.8 Å². The van der Waals surface area contributed by atoms with E-state index in [-0.39, 0.29) is 0 Å². The molecule has 86 valence electrons. The van der Waals surface area contributed by atoms with Crippen LogP contribution in [0.5, 0.6) is 0 Å². The largest absolute Gasteiger partial charge is 0.130 e. The molecule has 0 saturated heterocycles. The Morgan fingerprint density at radius 3 is 2.25 bits per heavy atom. The first-order valence-electron chi connectivity index (χ1n) is 5.91. The maximum absolute atomic E-state index is 3.34. The molecule has 0 nitrogen and oxygen atoms in total. The fraction of sp³-hybridized carbons (Fsp3) is 0.467. The quantitative estimate of drug-likeness (QED) is 0.548. The molecule has 0 unspecified atom stereocenters. The van der Waals surface area contributed by atoms with Gasteiger partial charge < -0.3 is 0 Å². The van der Waals surface area contributed by atoms with Gasteiger partial charge in [0.15, 0.2) is 0 Å². The Bertz CT molecular complexity index is 349. The molecule has 0 radical (unpaired) electrons. The van der Waals surface area contributed by atoms with Gasteiger partial charge in [0.2, 0.25) is 0 Å². The van der Waals surface area contributed by atoms with Crippen molar-refractivity contribution in [2.45, 2.75) is 38.0 Å². The average Bonchev–Trinajstić information content (AvgIpc) is 2.35. The van der Waals surface area contributed by atoms with E-state index in [0.717, 1.165) is 19.3 Å². The monoisotopic (exact) mass is 232 g/mol. The molecule has 0 heterocycles. The molecule has 0 bridgehead atoms. The van der Waals surface area contributed by atoms with Crippen LogP contribution in [0.3, 0.4) is 0 Å². The Morgan fingerprint density at radius 2 is 1.75 bits per heavy atom. The van der Waals surface area contributed by atoms with Gasteiger partial charge in [0.05, 0.1) is 0 Å². The molecule has 0 N–H and O–H groups in total. The molecular weight excluding hydrogens is 212 g/mol. The molecule has 1 heteroatoms. The summed E-state index contributed by atoms with van der Waals surface area (Å²) in [6.45, 7) is 4.41. The minimum atomic E-state index is 0.575. The van der Waals surface area contributed by atoms with Gasteiger partial charge in [-0.2, -0.15) is 0 Å². The highest BCUT2D eigenvalue weighted by molar-refractivity contribution is 7.98. The molecule has 0 saturated carbocycles. The fourth-order valence-corrected chi connectivity index (χ4v) is 1.94. The van der Waals surface area contributed by atoms with E-state index in [9.17, 15) is 0 Å². The van der Waals surface area contributed by atoms with Crippen molar-refractivity contribution in [3.05, 3.63) is 29.8 Å². The van der Waals surface area contributed by atoms with Gasteiger partial charge in [-0.15, -0.1) is 11.8 Å². The Kier molecular flexibility index (Phi) is 6.11. The summed E-state index contributed by atoms with van der Waals surface area (Å²) in [5, 5.41) is 0. The van der Waals surface area contributed by atoms with Gasteiger partial charge >= 0.3 is 0 Å². The van der Waals surface area contributed by atoms with Crippen LogP contribution in [0.4, 0.5) is 0 Å². The summed E-state index contributed by atoms with van der Waals surface area (Å²) in [5.74, 6) is 7.20. The zero-order valence-electron chi connectivity index (χ0n) is 10.4. The zero-order valence-corrected chi connectivity index (χ0v) is 11.2. The van der Waals surface area contributed by atoms with Gasteiger partial charge in [-0.25, -0.2) is 0 Å². The molecular formula is C15H20S. The lowest BCUT2D eigenvalue weighted by molar-refractivity contribution is 0.627. The van der Waals surface area contributed by atoms with Gasteiger partial charge in [-0.3, -0.25) is 0 Å². The molecule has 1 aromatic rings. The standard InChI is InChI=1S/C15H20S/c1-4-13(5-2)7-6-8-14-9-11-15(16-3)12-10-14/h9-13H,4-5,8H2,1-3H3. The van der Waals surface area contributed by atoms with Crippen molar-refractivity contribution >= 4 is 11.8 Å². The van der Waals surface area contributed by atoms with E-state index in [0.29, 0.717) is 5.92 Å². The van der Waals surface area contributed by atoms with Gasteiger partial charge in [-0.05, 0) is 36.8 Å². The maximum atomic E-state index is 3.34. The summed E-state index contributed by atoms with van der Waals surface area (Å²) >= 11 is 1.78. The van der Waals surface area contributed by atoms with Crippen molar-refractivity contribution in [2.24, 2.45) is 5.92 Å². The van der Waals surface area contributed by atoms with Crippen LogP contribution < -0.4 is 0 Å². The fourth-order valence-electron chi connectivity index (χ4n) is 1.53. The average molecular weight is 232 g/mol. The van der Waals surface area contributed by atoms with Crippen LogP contribution >= 0.6 is 11.8 Å². The summed E-state index contributed by atoms with van der Waals surface area (Å²) in [7, 11) is 0. The molecule has 0 aliphatic heterocycles. The van der Waals surface area contributed by atoms with Crippen molar-refractivity contribution < 1.29 is 0 Å². The number of hydrogen-bond donors (Lipinski definition) is 0. The SMILES string of the molecule is CCC(C#CCc1ccc(SC)cc1)CC. The lowest BCUT2D eigenvalue weighted by Crippen LogP contribution is -1.91. The molecule has 0 aromatic heterocycles. The Morgan fingerprint density at radius 1 is 1.12 bits per heavy atom. The van der Waals surface area contributed by atoms with E-state index < -0.39 is 0 Å². The highest BCUT2D eigenvalue weighted by Gasteiger charge is 1.96. The molecule has 0 aliphatic carbocycles. The molecule has 0 fully saturated rings.